The van der Waals surface area contributed by atoms with Gasteiger partial charge >= 0.3 is 0 Å². The fraction of sp³-hybridized carbons (Fsp3) is 0.333. The fourth-order valence-electron chi connectivity index (χ4n) is 2.52. The minimum atomic E-state index is -0.355. The molecular formula is C18H20N2O5. The Morgan fingerprint density at radius 2 is 2.04 bits per heavy atom. The Balaban J connectivity index is 1.51. The van der Waals surface area contributed by atoms with E-state index >= 15 is 0 Å². The molecule has 0 aliphatic carbocycles. The maximum absolute atomic E-state index is 12.2. The number of nitrogens with zero attached hydrogens (tertiary/aromatic N) is 1. The van der Waals surface area contributed by atoms with Gasteiger partial charge in [0.25, 0.3) is 11.9 Å². The Bertz CT molecular complexity index is 728. The second kappa shape index (κ2) is 7.85. The molecule has 1 aliphatic heterocycles. The molecule has 1 aromatic heterocycles. The zero-order chi connectivity index (χ0) is 17.6. The maximum atomic E-state index is 12.2. The van der Waals surface area contributed by atoms with Crippen LogP contribution in [0.3, 0.4) is 0 Å². The molecule has 0 saturated carbocycles. The Morgan fingerprint density at radius 1 is 1.24 bits per heavy atom. The number of nitrogens with one attached hydrogen (secondary N) is 1. The van der Waals surface area contributed by atoms with E-state index < -0.39 is 0 Å². The minimum Gasteiger partial charge on any atom is -0.426 e. The molecular weight excluding hydrogens is 324 g/mol. The van der Waals surface area contributed by atoms with Gasteiger partial charge in [-0.25, -0.2) is 0 Å². The molecule has 1 saturated heterocycles. The van der Waals surface area contributed by atoms with Crippen LogP contribution in [-0.2, 0) is 9.53 Å². The second-order valence-electron chi connectivity index (χ2n) is 5.70. The highest BCUT2D eigenvalue weighted by molar-refractivity contribution is 5.91. The first kappa shape index (κ1) is 17.0. The fourth-order valence-corrected chi connectivity index (χ4v) is 2.52. The van der Waals surface area contributed by atoms with Crippen LogP contribution in [-0.4, -0.2) is 49.1 Å². The minimum absolute atomic E-state index is 0.00774. The summed E-state index contributed by atoms with van der Waals surface area (Å²) < 4.78 is 16.5. The molecule has 0 bridgehead atoms. The summed E-state index contributed by atoms with van der Waals surface area (Å²) >= 11 is 0. The lowest BCUT2D eigenvalue weighted by Crippen LogP contribution is -2.49. The summed E-state index contributed by atoms with van der Waals surface area (Å²) in [7, 11) is 0. The van der Waals surface area contributed by atoms with Gasteiger partial charge in [0.1, 0.15) is 5.75 Å². The van der Waals surface area contributed by atoms with Crippen LogP contribution >= 0.6 is 0 Å². The van der Waals surface area contributed by atoms with E-state index in [4.69, 9.17) is 13.9 Å². The van der Waals surface area contributed by atoms with Crippen LogP contribution in [0.4, 0.5) is 0 Å². The van der Waals surface area contributed by atoms with E-state index in [1.807, 2.05) is 18.2 Å². The first-order chi connectivity index (χ1) is 12.1. The molecule has 0 unspecified atom stereocenters. The molecule has 1 fully saturated rings. The van der Waals surface area contributed by atoms with Gasteiger partial charge in [-0.1, -0.05) is 18.2 Å². The molecule has 2 amide bonds. The summed E-state index contributed by atoms with van der Waals surface area (Å²) in [6.45, 7) is 3.35. The van der Waals surface area contributed by atoms with Crippen molar-refractivity contribution < 1.29 is 23.5 Å². The average Bonchev–Trinajstić information content (AvgIpc) is 3.09. The highest BCUT2D eigenvalue weighted by atomic mass is 16.6. The predicted octanol–water partition coefficient (Wildman–Crippen LogP) is 2.05. The number of hydrogen-bond donors (Lipinski definition) is 1. The lowest BCUT2D eigenvalue weighted by Gasteiger charge is -2.32. The Morgan fingerprint density at radius 3 is 2.80 bits per heavy atom. The topological polar surface area (TPSA) is 81.0 Å². The van der Waals surface area contributed by atoms with Gasteiger partial charge in [-0.2, -0.15) is 0 Å². The number of ether oxygens (including phenoxy) is 2. The highest BCUT2D eigenvalue weighted by Crippen LogP contribution is 2.23. The van der Waals surface area contributed by atoms with Crippen molar-refractivity contribution in [3.05, 3.63) is 48.2 Å². The summed E-state index contributed by atoms with van der Waals surface area (Å²) in [5, 5.41) is 2.75. The van der Waals surface area contributed by atoms with E-state index in [1.165, 1.54) is 6.92 Å². The van der Waals surface area contributed by atoms with Gasteiger partial charge in [0.05, 0.1) is 12.7 Å². The highest BCUT2D eigenvalue weighted by Gasteiger charge is 2.23. The molecule has 3 rings (SSSR count). The van der Waals surface area contributed by atoms with Crippen LogP contribution in [0.25, 0.3) is 0 Å². The molecule has 1 aliphatic rings. The van der Waals surface area contributed by atoms with Crippen molar-refractivity contribution in [1.29, 1.82) is 0 Å². The number of para-hydroxylation sites is 1. The van der Waals surface area contributed by atoms with E-state index in [1.54, 1.807) is 29.2 Å². The zero-order valence-electron chi connectivity index (χ0n) is 13.9. The normalized spacial score (nSPS) is 17.2. The van der Waals surface area contributed by atoms with Crippen LogP contribution in [0.5, 0.6) is 11.7 Å². The first-order valence-electron chi connectivity index (χ1n) is 8.10. The van der Waals surface area contributed by atoms with Gasteiger partial charge in [-0.3, -0.25) is 9.59 Å². The number of hydrogen-bond acceptors (Lipinski definition) is 5. The molecule has 0 spiro atoms. The Labute approximate surface area is 145 Å². The SMILES string of the molecule is CC(=O)N1CCO[C@H](CNC(=O)c2ccc(Oc3ccccc3)o2)C1. The third kappa shape index (κ3) is 4.60. The van der Waals surface area contributed by atoms with E-state index in [2.05, 4.69) is 5.32 Å². The van der Waals surface area contributed by atoms with Crippen molar-refractivity contribution in [3.8, 4) is 11.7 Å². The van der Waals surface area contributed by atoms with Crippen molar-refractivity contribution >= 4 is 11.8 Å². The van der Waals surface area contributed by atoms with Crippen LogP contribution < -0.4 is 10.1 Å². The number of morpholine rings is 1. The average molecular weight is 344 g/mol. The van der Waals surface area contributed by atoms with Gasteiger partial charge in [-0.05, 0) is 18.2 Å². The summed E-state index contributed by atoms with van der Waals surface area (Å²) in [4.78, 5) is 25.3. The molecule has 0 radical (unpaired) electrons. The summed E-state index contributed by atoms with van der Waals surface area (Å²) in [6, 6.07) is 12.3. The summed E-state index contributed by atoms with van der Waals surface area (Å²) in [6.07, 6.45) is -0.225. The van der Waals surface area contributed by atoms with Crippen molar-refractivity contribution in [1.82, 2.24) is 10.2 Å². The molecule has 7 heteroatoms. The van der Waals surface area contributed by atoms with E-state index in [0.29, 0.717) is 32.0 Å². The number of benzene rings is 1. The van der Waals surface area contributed by atoms with E-state index in [-0.39, 0.29) is 29.6 Å². The van der Waals surface area contributed by atoms with Crippen molar-refractivity contribution in [2.75, 3.05) is 26.2 Å². The summed E-state index contributed by atoms with van der Waals surface area (Å²) in [5.41, 5.74) is 0. The smallest absolute Gasteiger partial charge is 0.290 e. The maximum Gasteiger partial charge on any atom is 0.290 e. The van der Waals surface area contributed by atoms with Crippen LogP contribution in [0.2, 0.25) is 0 Å². The van der Waals surface area contributed by atoms with Gasteiger partial charge in [0.15, 0.2) is 5.76 Å². The van der Waals surface area contributed by atoms with Gasteiger partial charge < -0.3 is 24.1 Å². The molecule has 25 heavy (non-hydrogen) atoms. The van der Waals surface area contributed by atoms with Crippen molar-refractivity contribution in [3.63, 3.8) is 0 Å². The third-order valence-electron chi connectivity index (χ3n) is 3.84. The molecule has 7 nitrogen and oxygen atoms in total. The Hall–Kier alpha value is -2.80. The summed E-state index contributed by atoms with van der Waals surface area (Å²) in [5.74, 6) is 0.682. The molecule has 1 aromatic carbocycles. The van der Waals surface area contributed by atoms with Gasteiger partial charge in [-0.15, -0.1) is 0 Å². The lowest BCUT2D eigenvalue weighted by molar-refractivity contribution is -0.136. The standard InChI is InChI=1S/C18H20N2O5/c1-13(21)20-9-10-23-15(12-20)11-19-18(22)16-7-8-17(25-16)24-14-5-3-2-4-6-14/h2-8,15H,9-12H2,1H3,(H,19,22)/t15-/m1/s1. The molecule has 2 aromatic rings. The number of carbonyl (C=O) groups excluding carboxylic acids is 2. The van der Waals surface area contributed by atoms with Gasteiger partial charge in [0.2, 0.25) is 5.91 Å². The Kier molecular flexibility index (Phi) is 5.35. The first-order valence-corrected chi connectivity index (χ1v) is 8.10. The van der Waals surface area contributed by atoms with Gasteiger partial charge in [0, 0.05) is 32.6 Å². The number of carbonyl (C=O) groups is 2. The largest absolute Gasteiger partial charge is 0.426 e. The van der Waals surface area contributed by atoms with Crippen LogP contribution in [0.15, 0.2) is 46.9 Å². The van der Waals surface area contributed by atoms with Crippen molar-refractivity contribution in [2.45, 2.75) is 13.0 Å². The van der Waals surface area contributed by atoms with Crippen LogP contribution in [0.1, 0.15) is 17.5 Å². The number of furan rings is 1. The lowest BCUT2D eigenvalue weighted by atomic mass is 10.2. The van der Waals surface area contributed by atoms with Crippen molar-refractivity contribution in [2.24, 2.45) is 0 Å². The predicted molar refractivity (Wildman–Crippen MR) is 89.6 cm³/mol. The van der Waals surface area contributed by atoms with E-state index in [9.17, 15) is 9.59 Å². The van der Waals surface area contributed by atoms with Crippen LogP contribution in [0, 0.1) is 0 Å². The molecule has 2 heterocycles. The van der Waals surface area contributed by atoms with E-state index in [0.717, 1.165) is 0 Å². The molecule has 1 atom stereocenters. The zero-order valence-corrected chi connectivity index (χ0v) is 13.9. The quantitative estimate of drug-likeness (QED) is 0.898. The monoisotopic (exact) mass is 344 g/mol. The third-order valence-corrected chi connectivity index (χ3v) is 3.84. The second-order valence-corrected chi connectivity index (χ2v) is 5.70. The molecule has 132 valence electrons. The number of rotatable bonds is 5. The molecule has 1 N–H and O–H groups in total. The number of amides is 2.